The summed E-state index contributed by atoms with van der Waals surface area (Å²) < 4.78 is 8.70. The van der Waals surface area contributed by atoms with Gasteiger partial charge >= 0.3 is 0 Å². The number of aryl methyl sites for hydroxylation is 1. The highest BCUT2D eigenvalue weighted by atomic mass is 28.4. The summed E-state index contributed by atoms with van der Waals surface area (Å²) in [6, 6.07) is 14.5. The molecular weight excluding hydrogens is 374 g/mol. The number of benzene rings is 2. The van der Waals surface area contributed by atoms with Crippen molar-refractivity contribution < 1.29 is 9.22 Å². The highest BCUT2D eigenvalue weighted by Crippen LogP contribution is 2.36. The molecule has 4 heteroatoms. The van der Waals surface area contributed by atoms with Crippen molar-refractivity contribution in [2.75, 3.05) is 6.61 Å². The lowest BCUT2D eigenvalue weighted by Crippen LogP contribution is -2.40. The molecule has 29 heavy (non-hydrogen) atoms. The van der Waals surface area contributed by atoms with Crippen molar-refractivity contribution >= 4 is 36.4 Å². The number of unbranched alkanes of at least 4 members (excludes halogenated alkanes) is 3. The Morgan fingerprint density at radius 3 is 2.34 bits per heavy atom. The molecule has 0 N–H and O–H groups in total. The molecule has 0 aliphatic rings. The zero-order chi connectivity index (χ0) is 21.1. The van der Waals surface area contributed by atoms with Crippen molar-refractivity contribution in [3.05, 3.63) is 48.0 Å². The van der Waals surface area contributed by atoms with Gasteiger partial charge in [0.15, 0.2) is 8.32 Å². The lowest BCUT2D eigenvalue weighted by Gasteiger charge is -2.36. The van der Waals surface area contributed by atoms with Crippen molar-refractivity contribution in [2.45, 2.75) is 71.1 Å². The quantitative estimate of drug-likeness (QED) is 0.213. The fourth-order valence-electron chi connectivity index (χ4n) is 3.65. The van der Waals surface area contributed by atoms with E-state index in [9.17, 15) is 4.79 Å². The monoisotopic (exact) mass is 409 g/mol. The third-order valence-corrected chi connectivity index (χ3v) is 11.0. The van der Waals surface area contributed by atoms with Crippen molar-refractivity contribution in [1.82, 2.24) is 4.57 Å². The highest BCUT2D eigenvalue weighted by Gasteiger charge is 2.36. The van der Waals surface area contributed by atoms with Gasteiger partial charge in [-0.1, -0.05) is 51.8 Å². The van der Waals surface area contributed by atoms with E-state index in [2.05, 4.69) is 68.8 Å². The zero-order valence-electron chi connectivity index (χ0n) is 18.6. The van der Waals surface area contributed by atoms with E-state index in [1.165, 1.54) is 34.6 Å². The van der Waals surface area contributed by atoms with Crippen LogP contribution in [0.15, 0.2) is 42.5 Å². The van der Waals surface area contributed by atoms with Crippen LogP contribution in [0.25, 0.3) is 21.8 Å². The Labute approximate surface area is 176 Å². The molecule has 0 saturated heterocycles. The van der Waals surface area contributed by atoms with Gasteiger partial charge in [-0.05, 0) is 55.2 Å². The number of carbonyl (C=O) groups is 1. The first-order valence-corrected chi connectivity index (χ1v) is 13.8. The van der Waals surface area contributed by atoms with Crippen LogP contribution in [0.2, 0.25) is 18.1 Å². The van der Waals surface area contributed by atoms with E-state index in [1.807, 2.05) is 12.1 Å². The molecule has 0 unspecified atom stereocenters. The fourth-order valence-corrected chi connectivity index (χ4v) is 4.74. The predicted molar refractivity (Wildman–Crippen MR) is 126 cm³/mol. The second kappa shape index (κ2) is 8.84. The molecule has 0 aliphatic carbocycles. The maximum atomic E-state index is 11.2. The van der Waals surface area contributed by atoms with E-state index < -0.39 is 8.32 Å². The number of hydrogen-bond donors (Lipinski definition) is 0. The molecular formula is C25H35NO2Si. The number of rotatable bonds is 9. The molecule has 0 atom stereocenters. The van der Waals surface area contributed by atoms with Crippen LogP contribution < -0.4 is 0 Å². The van der Waals surface area contributed by atoms with Gasteiger partial charge in [0, 0.05) is 40.5 Å². The SMILES string of the molecule is CC(C)(C)[Si](C)(C)OCCCCCCn1c2ccccc2c2cc(C=O)ccc21. The number of aldehydes is 1. The molecule has 156 valence electrons. The molecule has 0 spiro atoms. The Morgan fingerprint density at radius 1 is 0.931 bits per heavy atom. The number of fused-ring (bicyclic) bond motifs is 3. The molecule has 3 rings (SSSR count). The van der Waals surface area contributed by atoms with E-state index in [0.29, 0.717) is 0 Å². The van der Waals surface area contributed by atoms with Crippen molar-refractivity contribution in [2.24, 2.45) is 0 Å². The summed E-state index contributed by atoms with van der Waals surface area (Å²) in [6.45, 7) is 13.4. The molecule has 0 amide bonds. The Kier molecular flexibility index (Phi) is 6.64. The average molecular weight is 410 g/mol. The largest absolute Gasteiger partial charge is 0.417 e. The maximum absolute atomic E-state index is 11.2. The highest BCUT2D eigenvalue weighted by molar-refractivity contribution is 6.74. The van der Waals surface area contributed by atoms with Crippen LogP contribution in [0.4, 0.5) is 0 Å². The number of hydrogen-bond acceptors (Lipinski definition) is 2. The van der Waals surface area contributed by atoms with Gasteiger partial charge in [-0.2, -0.15) is 0 Å². The Balaban J connectivity index is 1.58. The average Bonchev–Trinajstić information content (AvgIpc) is 2.99. The van der Waals surface area contributed by atoms with Crippen LogP contribution in [0.3, 0.4) is 0 Å². The first kappa shape index (κ1) is 21.8. The number of para-hydroxylation sites is 1. The van der Waals surface area contributed by atoms with E-state index in [-0.39, 0.29) is 5.04 Å². The minimum absolute atomic E-state index is 0.285. The fraction of sp³-hybridized carbons (Fsp3) is 0.480. The van der Waals surface area contributed by atoms with Crippen LogP contribution in [-0.4, -0.2) is 25.8 Å². The minimum Gasteiger partial charge on any atom is -0.417 e. The topological polar surface area (TPSA) is 31.2 Å². The predicted octanol–water partition coefficient (Wildman–Crippen LogP) is 7.19. The van der Waals surface area contributed by atoms with Crippen LogP contribution in [0.5, 0.6) is 0 Å². The summed E-state index contributed by atoms with van der Waals surface area (Å²) in [5, 5.41) is 2.69. The van der Waals surface area contributed by atoms with Gasteiger partial charge in [0.25, 0.3) is 0 Å². The molecule has 3 aromatic rings. The van der Waals surface area contributed by atoms with Crippen LogP contribution in [0, 0.1) is 0 Å². The molecule has 1 heterocycles. The number of nitrogens with zero attached hydrogens (tertiary/aromatic N) is 1. The van der Waals surface area contributed by atoms with Gasteiger partial charge < -0.3 is 8.99 Å². The Bertz CT molecular complexity index is 982. The molecule has 1 aromatic heterocycles. The molecule has 0 bridgehead atoms. The normalized spacial score (nSPS) is 12.7. The maximum Gasteiger partial charge on any atom is 0.191 e. The Hall–Kier alpha value is -1.91. The van der Waals surface area contributed by atoms with Crippen LogP contribution in [-0.2, 0) is 11.0 Å². The van der Waals surface area contributed by atoms with E-state index in [4.69, 9.17) is 4.43 Å². The summed E-state index contributed by atoms with van der Waals surface area (Å²) in [6.07, 6.45) is 5.64. The van der Waals surface area contributed by atoms with Gasteiger partial charge in [-0.15, -0.1) is 0 Å². The molecule has 2 aromatic carbocycles. The van der Waals surface area contributed by atoms with Gasteiger partial charge in [-0.3, -0.25) is 4.79 Å². The molecule has 0 fully saturated rings. The van der Waals surface area contributed by atoms with Gasteiger partial charge in [-0.25, -0.2) is 0 Å². The summed E-state index contributed by atoms with van der Waals surface area (Å²) in [5.74, 6) is 0. The summed E-state index contributed by atoms with van der Waals surface area (Å²) >= 11 is 0. The summed E-state index contributed by atoms with van der Waals surface area (Å²) in [4.78, 5) is 11.2. The first-order chi connectivity index (χ1) is 13.7. The third-order valence-electron chi connectivity index (χ3n) is 6.48. The van der Waals surface area contributed by atoms with Gasteiger partial charge in [0.2, 0.25) is 0 Å². The molecule has 0 radical (unpaired) electrons. The van der Waals surface area contributed by atoms with Crippen LogP contribution in [0.1, 0.15) is 56.8 Å². The Morgan fingerprint density at radius 2 is 1.62 bits per heavy atom. The summed E-state index contributed by atoms with van der Waals surface area (Å²) in [5.41, 5.74) is 3.21. The smallest absolute Gasteiger partial charge is 0.191 e. The summed E-state index contributed by atoms with van der Waals surface area (Å²) in [7, 11) is -1.61. The molecule has 0 saturated carbocycles. The second-order valence-electron chi connectivity index (χ2n) is 9.59. The zero-order valence-corrected chi connectivity index (χ0v) is 19.6. The standard InChI is InChI=1S/C25H35NO2Si/c1-25(2,3)29(4,5)28-17-11-7-6-10-16-26-23-13-9-8-12-21(23)22-18-20(19-27)14-15-24(22)26/h8-9,12-15,18-19H,6-7,10-11,16-17H2,1-5H3. The number of carbonyl (C=O) groups excluding carboxylic acids is 1. The second-order valence-corrected chi connectivity index (χ2v) is 14.4. The van der Waals surface area contributed by atoms with E-state index in [1.54, 1.807) is 0 Å². The first-order valence-electron chi connectivity index (χ1n) is 10.8. The van der Waals surface area contributed by atoms with Gasteiger partial charge in [0.05, 0.1) is 0 Å². The van der Waals surface area contributed by atoms with Crippen molar-refractivity contribution in [1.29, 1.82) is 0 Å². The lowest BCUT2D eigenvalue weighted by atomic mass is 10.1. The molecule has 3 nitrogen and oxygen atoms in total. The third kappa shape index (κ3) is 4.81. The molecule has 0 aliphatic heterocycles. The number of aromatic nitrogens is 1. The van der Waals surface area contributed by atoms with E-state index in [0.717, 1.165) is 37.8 Å². The van der Waals surface area contributed by atoms with Gasteiger partial charge in [0.1, 0.15) is 6.29 Å². The van der Waals surface area contributed by atoms with Crippen LogP contribution >= 0.6 is 0 Å². The van der Waals surface area contributed by atoms with Crippen molar-refractivity contribution in [3.63, 3.8) is 0 Å². The van der Waals surface area contributed by atoms with E-state index >= 15 is 0 Å². The van der Waals surface area contributed by atoms with Crippen molar-refractivity contribution in [3.8, 4) is 0 Å². The minimum atomic E-state index is -1.61. The lowest BCUT2D eigenvalue weighted by molar-refractivity contribution is 0.112.